The van der Waals surface area contributed by atoms with Crippen LogP contribution in [0.1, 0.15) is 22.3 Å². The van der Waals surface area contributed by atoms with Crippen molar-refractivity contribution in [2.45, 2.75) is 25.3 Å². The molecule has 0 aliphatic rings. The zero-order chi connectivity index (χ0) is 23.1. The van der Waals surface area contributed by atoms with Gasteiger partial charge < -0.3 is 0 Å². The van der Waals surface area contributed by atoms with E-state index >= 15 is 0 Å². The number of hydrogen-bond donors (Lipinski definition) is 1. The molecule has 3 aromatic carbocycles. The Kier molecular flexibility index (Phi) is 7.80. The highest BCUT2D eigenvalue weighted by Crippen LogP contribution is 2.20. The van der Waals surface area contributed by atoms with Crippen LogP contribution in [-0.2, 0) is 21.4 Å². The van der Waals surface area contributed by atoms with Crippen molar-refractivity contribution in [3.05, 3.63) is 100 Å². The second kappa shape index (κ2) is 10.5. The van der Waals surface area contributed by atoms with Crippen molar-refractivity contribution in [2.75, 3.05) is 6.54 Å². The molecule has 32 heavy (non-hydrogen) atoms. The van der Waals surface area contributed by atoms with Crippen LogP contribution in [0.25, 0.3) is 0 Å². The number of rotatable bonds is 8. The molecule has 0 aromatic heterocycles. The van der Waals surface area contributed by atoms with Crippen molar-refractivity contribution in [2.24, 2.45) is 5.10 Å². The van der Waals surface area contributed by atoms with Gasteiger partial charge in [-0.2, -0.15) is 9.41 Å². The smallest absolute Gasteiger partial charge is 0.255 e. The van der Waals surface area contributed by atoms with E-state index in [1.807, 2.05) is 62.4 Å². The molecule has 3 aromatic rings. The number of halogens is 1. The lowest BCUT2D eigenvalue weighted by atomic mass is 10.1. The molecule has 1 N–H and O–H groups in total. The summed E-state index contributed by atoms with van der Waals surface area (Å²) in [6.07, 6.45) is 1.51. The van der Waals surface area contributed by atoms with Crippen LogP contribution >= 0.6 is 11.6 Å². The molecule has 166 valence electrons. The first kappa shape index (κ1) is 23.7. The molecule has 0 aliphatic heterocycles. The average molecular weight is 470 g/mol. The van der Waals surface area contributed by atoms with Crippen LogP contribution < -0.4 is 5.43 Å². The summed E-state index contributed by atoms with van der Waals surface area (Å²) in [5.41, 5.74) is 6.17. The molecular formula is C24H24ClN3O3S. The lowest BCUT2D eigenvalue weighted by molar-refractivity contribution is -0.121. The van der Waals surface area contributed by atoms with E-state index in [4.69, 9.17) is 11.6 Å². The Hall–Kier alpha value is -3.00. The minimum absolute atomic E-state index is 0.0420. The highest BCUT2D eigenvalue weighted by Gasteiger charge is 2.27. The summed E-state index contributed by atoms with van der Waals surface area (Å²) in [5, 5.41) is 4.37. The first-order chi connectivity index (χ1) is 15.2. The van der Waals surface area contributed by atoms with Crippen LogP contribution in [0.5, 0.6) is 0 Å². The molecule has 0 unspecified atom stereocenters. The van der Waals surface area contributed by atoms with Gasteiger partial charge in [0.25, 0.3) is 5.91 Å². The van der Waals surface area contributed by atoms with Gasteiger partial charge in [-0.05, 0) is 49.2 Å². The fourth-order valence-corrected chi connectivity index (χ4v) is 4.42. The molecule has 0 fully saturated rings. The Morgan fingerprint density at radius 2 is 1.50 bits per heavy atom. The van der Waals surface area contributed by atoms with Gasteiger partial charge in [-0.3, -0.25) is 4.79 Å². The minimum atomic E-state index is -3.94. The molecular weight excluding hydrogens is 446 g/mol. The number of benzene rings is 3. The third-order valence-corrected chi connectivity index (χ3v) is 6.79. The standard InChI is InChI=1S/C24H24ClN3O3S/c1-18-3-7-20(8-4-18)15-26-27-24(29)17-28(16-21-9-5-19(2)6-10-21)32(30,31)23-13-11-22(25)12-14-23/h3-15H,16-17H2,1-2H3,(H,27,29)/b26-15-. The summed E-state index contributed by atoms with van der Waals surface area (Å²) in [6.45, 7) is 3.59. The van der Waals surface area contributed by atoms with Crippen LogP contribution in [0.2, 0.25) is 5.02 Å². The highest BCUT2D eigenvalue weighted by atomic mass is 35.5. The van der Waals surface area contributed by atoms with E-state index in [0.717, 1.165) is 26.6 Å². The van der Waals surface area contributed by atoms with Crippen molar-refractivity contribution >= 4 is 33.7 Å². The zero-order valence-electron chi connectivity index (χ0n) is 17.8. The lowest BCUT2D eigenvalue weighted by Gasteiger charge is -2.21. The summed E-state index contributed by atoms with van der Waals surface area (Å²) in [7, 11) is -3.94. The number of hydrazone groups is 1. The van der Waals surface area contributed by atoms with Crippen molar-refractivity contribution < 1.29 is 13.2 Å². The van der Waals surface area contributed by atoms with Crippen molar-refractivity contribution in [1.29, 1.82) is 0 Å². The van der Waals surface area contributed by atoms with Gasteiger partial charge >= 0.3 is 0 Å². The number of carbonyl (C=O) groups is 1. The molecule has 0 saturated heterocycles. The van der Waals surface area contributed by atoms with Crippen molar-refractivity contribution in [3.8, 4) is 0 Å². The molecule has 0 bridgehead atoms. The SMILES string of the molecule is Cc1ccc(/C=N\NC(=O)CN(Cc2ccc(C)cc2)S(=O)(=O)c2ccc(Cl)cc2)cc1. The minimum Gasteiger partial charge on any atom is -0.272 e. The van der Waals surface area contributed by atoms with Crippen molar-refractivity contribution in [3.63, 3.8) is 0 Å². The van der Waals surface area contributed by atoms with E-state index in [0.29, 0.717) is 5.02 Å². The maximum absolute atomic E-state index is 13.2. The molecule has 6 nitrogen and oxygen atoms in total. The Morgan fingerprint density at radius 1 is 0.938 bits per heavy atom. The Morgan fingerprint density at radius 3 is 2.09 bits per heavy atom. The predicted molar refractivity (Wildman–Crippen MR) is 127 cm³/mol. The number of sulfonamides is 1. The molecule has 3 rings (SSSR count). The van der Waals surface area contributed by atoms with Gasteiger partial charge in [0.1, 0.15) is 0 Å². The van der Waals surface area contributed by atoms with E-state index in [2.05, 4.69) is 10.5 Å². The molecule has 0 aliphatic carbocycles. The number of amides is 1. The second-order valence-corrected chi connectivity index (χ2v) is 9.79. The van der Waals surface area contributed by atoms with E-state index in [1.54, 1.807) is 0 Å². The van der Waals surface area contributed by atoms with Gasteiger partial charge in [0, 0.05) is 11.6 Å². The Bertz CT molecular complexity index is 1190. The van der Waals surface area contributed by atoms with Gasteiger partial charge in [0.2, 0.25) is 10.0 Å². The van der Waals surface area contributed by atoms with E-state index in [-0.39, 0.29) is 18.0 Å². The second-order valence-electron chi connectivity index (χ2n) is 7.42. The van der Waals surface area contributed by atoms with Crippen LogP contribution in [0.3, 0.4) is 0 Å². The molecule has 0 atom stereocenters. The van der Waals surface area contributed by atoms with Gasteiger partial charge in [-0.25, -0.2) is 13.8 Å². The summed E-state index contributed by atoms with van der Waals surface area (Å²) in [5.74, 6) is -0.544. The van der Waals surface area contributed by atoms with Crippen LogP contribution in [0.4, 0.5) is 0 Å². The summed E-state index contributed by atoms with van der Waals surface area (Å²) in [4.78, 5) is 12.6. The predicted octanol–water partition coefficient (Wildman–Crippen LogP) is 4.30. The average Bonchev–Trinajstić information content (AvgIpc) is 2.76. The van der Waals surface area contributed by atoms with E-state index < -0.39 is 15.9 Å². The third kappa shape index (κ3) is 6.50. The molecule has 0 radical (unpaired) electrons. The fraction of sp³-hybridized carbons (Fsp3) is 0.167. The molecule has 0 heterocycles. The van der Waals surface area contributed by atoms with E-state index in [1.165, 1.54) is 30.5 Å². The maximum Gasteiger partial charge on any atom is 0.255 e. The van der Waals surface area contributed by atoms with Crippen LogP contribution in [-0.4, -0.2) is 31.4 Å². The number of nitrogens with zero attached hydrogens (tertiary/aromatic N) is 2. The normalized spacial score (nSPS) is 11.8. The summed E-state index contributed by atoms with van der Waals surface area (Å²) < 4.78 is 27.6. The number of hydrogen-bond acceptors (Lipinski definition) is 4. The molecule has 8 heteroatoms. The van der Waals surface area contributed by atoms with Gasteiger partial charge in [0.15, 0.2) is 0 Å². The first-order valence-electron chi connectivity index (χ1n) is 9.94. The third-order valence-electron chi connectivity index (χ3n) is 4.73. The maximum atomic E-state index is 13.2. The topological polar surface area (TPSA) is 78.8 Å². The lowest BCUT2D eigenvalue weighted by Crippen LogP contribution is -2.39. The van der Waals surface area contributed by atoms with Gasteiger partial charge in [-0.1, -0.05) is 71.3 Å². The Balaban J connectivity index is 1.78. The summed E-state index contributed by atoms with van der Waals surface area (Å²) in [6, 6.07) is 21.0. The van der Waals surface area contributed by atoms with Gasteiger partial charge in [0.05, 0.1) is 17.7 Å². The number of nitrogens with one attached hydrogen (secondary N) is 1. The molecule has 0 saturated carbocycles. The molecule has 1 amide bonds. The number of aryl methyl sites for hydroxylation is 2. The van der Waals surface area contributed by atoms with Crippen LogP contribution in [0.15, 0.2) is 82.8 Å². The van der Waals surface area contributed by atoms with Crippen molar-refractivity contribution in [1.82, 2.24) is 9.73 Å². The fourth-order valence-electron chi connectivity index (χ4n) is 2.91. The molecule has 0 spiro atoms. The van der Waals surface area contributed by atoms with Crippen LogP contribution in [0, 0.1) is 13.8 Å². The Labute approximate surface area is 193 Å². The number of carbonyl (C=O) groups excluding carboxylic acids is 1. The highest BCUT2D eigenvalue weighted by molar-refractivity contribution is 7.89. The summed E-state index contributed by atoms with van der Waals surface area (Å²) >= 11 is 5.90. The quantitative estimate of drug-likeness (QED) is 0.394. The monoisotopic (exact) mass is 469 g/mol. The first-order valence-corrected chi connectivity index (χ1v) is 11.8. The largest absolute Gasteiger partial charge is 0.272 e. The van der Waals surface area contributed by atoms with E-state index in [9.17, 15) is 13.2 Å². The van der Waals surface area contributed by atoms with Gasteiger partial charge in [-0.15, -0.1) is 0 Å². The zero-order valence-corrected chi connectivity index (χ0v) is 19.4.